The van der Waals surface area contributed by atoms with Gasteiger partial charge < -0.3 is 0 Å². The quantitative estimate of drug-likeness (QED) is 0.514. The normalized spacial score (nSPS) is 23.5. The molecule has 0 bridgehead atoms. The first-order chi connectivity index (χ1) is 4.89. The Bertz CT molecular complexity index is 228. The summed E-state index contributed by atoms with van der Waals surface area (Å²) in [7, 11) is 0. The summed E-state index contributed by atoms with van der Waals surface area (Å²) in [6, 6.07) is 0. The molecule has 0 amide bonds. The molecule has 0 aliphatic heterocycles. The van der Waals surface area contributed by atoms with E-state index < -0.39 is 0 Å². The summed E-state index contributed by atoms with van der Waals surface area (Å²) in [5, 5.41) is 0. The average Bonchev–Trinajstić information content (AvgIpc) is 2.06. The van der Waals surface area contributed by atoms with Gasteiger partial charge in [-0.2, -0.15) is 0 Å². The summed E-state index contributed by atoms with van der Waals surface area (Å²) < 4.78 is 1.35. The Morgan fingerprint density at radius 2 is 1.45 bits per heavy atom. The van der Waals surface area contributed by atoms with Crippen LogP contribution < -0.4 is 0 Å². The molecule has 0 radical (unpaired) electrons. The molecule has 0 aromatic rings. The topological polar surface area (TPSA) is 0 Å². The predicted octanol–water partition coefficient (Wildman–Crippen LogP) is 3.18. The monoisotopic (exact) mass is 190 g/mol. The van der Waals surface area contributed by atoms with Crippen LogP contribution in [0.4, 0.5) is 0 Å². The van der Waals surface area contributed by atoms with E-state index in [1.165, 1.54) is 21.2 Å². The van der Waals surface area contributed by atoms with Crippen LogP contribution in [0.2, 0.25) is 0 Å². The van der Waals surface area contributed by atoms with Crippen LogP contribution in [0.15, 0.2) is 21.2 Å². The number of hydrogen-bond acceptors (Lipinski definition) is 0. The van der Waals surface area contributed by atoms with Gasteiger partial charge in [0.1, 0.15) is 0 Å². The Morgan fingerprint density at radius 3 is 1.55 bits per heavy atom. The van der Waals surface area contributed by atoms with Gasteiger partial charge in [0.05, 0.1) is 0 Å². The van der Waals surface area contributed by atoms with Crippen molar-refractivity contribution in [1.82, 2.24) is 0 Å². The molecule has 0 fully saturated rings. The van der Waals surface area contributed by atoms with Crippen molar-refractivity contribution in [3.05, 3.63) is 21.2 Å². The van der Waals surface area contributed by atoms with Gasteiger partial charge in [-0.15, -0.1) is 0 Å². The van der Waals surface area contributed by atoms with Gasteiger partial charge in [-0.25, -0.2) is 0 Å². The van der Waals surface area contributed by atoms with Gasteiger partial charge in [0.25, 0.3) is 0 Å². The molecule has 0 spiro atoms. The van der Waals surface area contributed by atoms with Crippen molar-refractivity contribution in [3.63, 3.8) is 0 Å². The Labute approximate surface area is 77.6 Å². The minimum absolute atomic E-state index is 0.230. The molecule has 0 N–H and O–H groups in total. The van der Waals surface area contributed by atoms with Gasteiger partial charge in [-0.05, 0) is 0 Å². The van der Waals surface area contributed by atoms with Gasteiger partial charge in [0.2, 0.25) is 0 Å². The average molecular weight is 190 g/mol. The number of allylic oxidation sites excluding steroid dienone is 4. The van der Waals surface area contributed by atoms with Gasteiger partial charge in [-0.1, -0.05) is 0 Å². The zero-order chi connectivity index (χ0) is 8.81. The molecule has 0 saturated carbocycles. The van der Waals surface area contributed by atoms with Gasteiger partial charge in [0, 0.05) is 0 Å². The van der Waals surface area contributed by atoms with Crippen molar-refractivity contribution >= 4 is 0 Å². The first-order valence-electron chi connectivity index (χ1n) is 3.94. The second-order valence-electron chi connectivity index (χ2n) is 3.81. The van der Waals surface area contributed by atoms with Crippen molar-refractivity contribution in [2.75, 3.05) is 0 Å². The zero-order valence-corrected chi connectivity index (χ0v) is 9.06. The van der Waals surface area contributed by atoms with E-state index >= 15 is 0 Å². The molecule has 0 atom stereocenters. The van der Waals surface area contributed by atoms with Crippen LogP contribution in [-0.2, 0) is 16.0 Å². The SMILES string of the molecule is CC1=C(C)C(C)(C)[C]([Mn])=C1C. The van der Waals surface area contributed by atoms with Crippen LogP contribution in [0.1, 0.15) is 34.6 Å². The van der Waals surface area contributed by atoms with E-state index in [9.17, 15) is 0 Å². The first kappa shape index (κ1) is 9.09. The van der Waals surface area contributed by atoms with Crippen LogP contribution >= 0.6 is 0 Å². The van der Waals surface area contributed by atoms with Crippen molar-refractivity contribution in [1.29, 1.82) is 0 Å². The molecule has 0 unspecified atom stereocenters. The molecule has 1 heteroatoms. The maximum absolute atomic E-state index is 3.64. The minimum atomic E-state index is 0.230. The third kappa shape index (κ3) is 1.11. The fraction of sp³-hybridized carbons (Fsp3) is 0.600. The first-order valence-corrected chi connectivity index (χ1v) is 4.53. The van der Waals surface area contributed by atoms with Crippen molar-refractivity contribution in [2.45, 2.75) is 34.6 Å². The summed E-state index contributed by atoms with van der Waals surface area (Å²) in [6.45, 7) is 11.1. The van der Waals surface area contributed by atoms with Crippen LogP contribution in [0.3, 0.4) is 0 Å². The molecule has 0 aromatic heterocycles. The Hall–Kier alpha value is -0.000519. The number of rotatable bonds is 0. The van der Waals surface area contributed by atoms with E-state index in [0.717, 1.165) is 0 Å². The fourth-order valence-corrected chi connectivity index (χ4v) is 1.99. The molecule has 62 valence electrons. The third-order valence-electron chi connectivity index (χ3n) is 2.94. The zero-order valence-electron chi connectivity index (χ0n) is 7.88. The van der Waals surface area contributed by atoms with Crippen LogP contribution in [0.25, 0.3) is 0 Å². The molecule has 1 aliphatic rings. The second-order valence-corrected chi connectivity index (χ2v) is 4.40. The van der Waals surface area contributed by atoms with E-state index in [-0.39, 0.29) is 5.41 Å². The molecule has 0 heterocycles. The molecular weight excluding hydrogens is 175 g/mol. The van der Waals surface area contributed by atoms with Crippen molar-refractivity contribution < 1.29 is 16.0 Å². The predicted molar refractivity (Wildman–Crippen MR) is 44.9 cm³/mol. The molecule has 0 saturated heterocycles. The van der Waals surface area contributed by atoms with E-state index in [2.05, 4.69) is 50.6 Å². The molecule has 11 heavy (non-hydrogen) atoms. The van der Waals surface area contributed by atoms with Gasteiger partial charge in [0.15, 0.2) is 0 Å². The van der Waals surface area contributed by atoms with Crippen molar-refractivity contribution in [3.8, 4) is 0 Å². The van der Waals surface area contributed by atoms with E-state index in [1.807, 2.05) is 0 Å². The molecule has 1 aliphatic carbocycles. The molecular formula is C10H15Mn. The third-order valence-corrected chi connectivity index (χ3v) is 4.12. The molecule has 0 nitrogen and oxygen atoms in total. The van der Waals surface area contributed by atoms with Crippen molar-refractivity contribution in [2.24, 2.45) is 5.41 Å². The Balaban J connectivity index is 3.27. The van der Waals surface area contributed by atoms with Crippen LogP contribution in [0, 0.1) is 5.41 Å². The summed E-state index contributed by atoms with van der Waals surface area (Å²) in [4.78, 5) is 0. The van der Waals surface area contributed by atoms with Crippen LogP contribution in [-0.4, -0.2) is 0 Å². The Kier molecular flexibility index (Phi) is 2.07. The van der Waals surface area contributed by atoms with Gasteiger partial charge >= 0.3 is 77.2 Å². The summed E-state index contributed by atoms with van der Waals surface area (Å²) in [6.07, 6.45) is 0. The van der Waals surface area contributed by atoms with Crippen LogP contribution in [0.5, 0.6) is 0 Å². The van der Waals surface area contributed by atoms with Gasteiger partial charge in [-0.3, -0.25) is 0 Å². The standard InChI is InChI=1S/C10H15.Mn/c1-7-6-10(4,5)9(3)8(7)2;/h1-5H3;. The van der Waals surface area contributed by atoms with E-state index in [4.69, 9.17) is 0 Å². The van der Waals surface area contributed by atoms with E-state index in [1.54, 1.807) is 0 Å². The fourth-order valence-electron chi connectivity index (χ4n) is 1.55. The summed E-state index contributed by atoms with van der Waals surface area (Å²) >= 11 is 3.64. The van der Waals surface area contributed by atoms with E-state index in [0.29, 0.717) is 0 Å². The maximum atomic E-state index is 3.64. The summed E-state index contributed by atoms with van der Waals surface area (Å²) in [5.41, 5.74) is 4.57. The molecule has 1 rings (SSSR count). The molecule has 0 aromatic carbocycles. The Morgan fingerprint density at radius 1 is 1.00 bits per heavy atom. The second kappa shape index (κ2) is 2.50. The summed E-state index contributed by atoms with van der Waals surface area (Å²) in [5.74, 6) is 0. The number of hydrogen-bond donors (Lipinski definition) is 0.